The molecule has 1 spiro atoms. The predicted octanol–water partition coefficient (Wildman–Crippen LogP) is 4.27. The third-order valence-corrected chi connectivity index (χ3v) is 7.02. The number of benzene rings is 2. The topological polar surface area (TPSA) is 72.0 Å². The number of likely N-dealkylation sites (N-methyl/N-ethyl adjacent to an activating group) is 1. The first kappa shape index (κ1) is 23.3. The molecule has 1 fully saturated rings. The Morgan fingerprint density at radius 3 is 2.60 bits per heavy atom. The van der Waals surface area contributed by atoms with Crippen LogP contribution >= 0.6 is 0 Å². The van der Waals surface area contributed by atoms with Crippen LogP contribution in [-0.2, 0) is 11.2 Å². The van der Waals surface area contributed by atoms with Crippen molar-refractivity contribution in [1.82, 2.24) is 9.88 Å². The lowest BCUT2D eigenvalue weighted by molar-refractivity contribution is -0.120. The van der Waals surface area contributed by atoms with Gasteiger partial charge in [-0.05, 0) is 45.1 Å². The number of carbonyl (C=O) groups excluding carboxylic acids is 2. The lowest BCUT2D eigenvalue weighted by Crippen LogP contribution is -2.53. The summed E-state index contributed by atoms with van der Waals surface area (Å²) in [6, 6.07) is 15.6. The second-order valence-electron chi connectivity index (χ2n) is 9.65. The smallest absolute Gasteiger partial charge is 0.242 e. The number of amides is 1. The van der Waals surface area contributed by atoms with Gasteiger partial charge >= 0.3 is 0 Å². The Morgan fingerprint density at radius 1 is 1.09 bits per heavy atom. The van der Waals surface area contributed by atoms with Gasteiger partial charge in [0, 0.05) is 29.1 Å². The van der Waals surface area contributed by atoms with Crippen LogP contribution in [0.15, 0.2) is 48.5 Å². The van der Waals surface area contributed by atoms with Crippen LogP contribution in [0.25, 0.3) is 10.9 Å². The number of nitrogens with zero attached hydrogens (tertiary/aromatic N) is 3. The number of methoxy groups -OCH3 is 1. The summed E-state index contributed by atoms with van der Waals surface area (Å²) >= 11 is 0. The first-order valence-electron chi connectivity index (χ1n) is 12.1. The van der Waals surface area contributed by atoms with Gasteiger partial charge in [0.25, 0.3) is 0 Å². The first-order chi connectivity index (χ1) is 16.9. The van der Waals surface area contributed by atoms with E-state index in [4.69, 9.17) is 14.5 Å². The van der Waals surface area contributed by atoms with E-state index in [2.05, 4.69) is 6.07 Å². The molecule has 1 aliphatic heterocycles. The van der Waals surface area contributed by atoms with Crippen molar-refractivity contribution in [3.05, 3.63) is 59.8 Å². The van der Waals surface area contributed by atoms with Crippen LogP contribution in [0, 0.1) is 0 Å². The fourth-order valence-corrected chi connectivity index (χ4v) is 5.41. The van der Waals surface area contributed by atoms with E-state index < -0.39 is 5.54 Å². The van der Waals surface area contributed by atoms with E-state index in [0.717, 1.165) is 29.4 Å². The molecule has 35 heavy (non-hydrogen) atoms. The molecule has 0 radical (unpaired) electrons. The van der Waals surface area contributed by atoms with E-state index in [-0.39, 0.29) is 18.2 Å². The molecule has 2 aromatic carbocycles. The molecule has 0 bridgehead atoms. The molecule has 0 saturated heterocycles. The Labute approximate surface area is 205 Å². The Hall–Kier alpha value is -3.45. The number of carbonyl (C=O) groups is 2. The normalized spacial score (nSPS) is 16.3. The van der Waals surface area contributed by atoms with Crippen molar-refractivity contribution in [2.24, 2.45) is 0 Å². The molecular formula is C28H31N3O4. The van der Waals surface area contributed by atoms with Crippen LogP contribution in [0.4, 0.5) is 5.69 Å². The van der Waals surface area contributed by atoms with E-state index in [9.17, 15) is 9.59 Å². The van der Waals surface area contributed by atoms with Gasteiger partial charge in [-0.2, -0.15) is 0 Å². The number of para-hydroxylation sites is 1. The molecular weight excluding hydrogens is 442 g/mol. The average molecular weight is 474 g/mol. The van der Waals surface area contributed by atoms with E-state index in [1.165, 1.54) is 0 Å². The summed E-state index contributed by atoms with van der Waals surface area (Å²) in [5, 5.41) is 1.10. The minimum Gasteiger partial charge on any atom is -0.493 e. The van der Waals surface area contributed by atoms with Crippen molar-refractivity contribution < 1.29 is 19.1 Å². The monoisotopic (exact) mass is 473 g/mol. The number of ether oxygens (including phenoxy) is 2. The molecule has 1 aliphatic carbocycles. The van der Waals surface area contributed by atoms with Gasteiger partial charge in [-0.3, -0.25) is 19.5 Å². The van der Waals surface area contributed by atoms with Gasteiger partial charge < -0.3 is 14.4 Å². The van der Waals surface area contributed by atoms with E-state index in [1.807, 2.05) is 49.3 Å². The predicted molar refractivity (Wildman–Crippen MR) is 136 cm³/mol. The summed E-state index contributed by atoms with van der Waals surface area (Å²) < 4.78 is 11.7. The number of anilines is 1. The lowest BCUT2D eigenvalue weighted by Gasteiger charge is -2.34. The van der Waals surface area contributed by atoms with Crippen molar-refractivity contribution >= 4 is 28.3 Å². The van der Waals surface area contributed by atoms with Crippen LogP contribution in [0.1, 0.15) is 41.7 Å². The molecule has 1 aromatic heterocycles. The molecule has 7 heteroatoms. The fraction of sp³-hybridized carbons (Fsp3) is 0.393. The van der Waals surface area contributed by atoms with Crippen molar-refractivity contribution in [2.75, 3.05) is 39.3 Å². The van der Waals surface area contributed by atoms with Crippen LogP contribution in [0.2, 0.25) is 0 Å². The Bertz CT molecular complexity index is 1280. The fourth-order valence-electron chi connectivity index (χ4n) is 5.41. The van der Waals surface area contributed by atoms with Gasteiger partial charge in [0.2, 0.25) is 5.91 Å². The maximum absolute atomic E-state index is 13.6. The van der Waals surface area contributed by atoms with Crippen LogP contribution in [0.3, 0.4) is 0 Å². The Kier molecular flexibility index (Phi) is 6.19. The summed E-state index contributed by atoms with van der Waals surface area (Å²) in [6.07, 6.45) is 3.87. The zero-order valence-corrected chi connectivity index (χ0v) is 20.5. The molecule has 0 N–H and O–H groups in total. The van der Waals surface area contributed by atoms with Crippen LogP contribution in [0.5, 0.6) is 11.5 Å². The molecule has 0 atom stereocenters. The SMILES string of the molecule is COc1cc2c(cc1OCCc1ccc3ccccc3n1)N(C(=O)CN(C)C)C1(CCCC1)C2=O. The number of hydrogen-bond donors (Lipinski definition) is 0. The second-order valence-corrected chi connectivity index (χ2v) is 9.65. The highest BCUT2D eigenvalue weighted by atomic mass is 16.5. The summed E-state index contributed by atoms with van der Waals surface area (Å²) in [7, 11) is 5.29. The zero-order valence-electron chi connectivity index (χ0n) is 20.5. The molecule has 1 saturated carbocycles. The lowest BCUT2D eigenvalue weighted by atomic mass is 9.90. The molecule has 2 heterocycles. The summed E-state index contributed by atoms with van der Waals surface area (Å²) in [4.78, 5) is 35.2. The van der Waals surface area contributed by atoms with E-state index in [1.54, 1.807) is 24.1 Å². The molecule has 182 valence electrons. The van der Waals surface area contributed by atoms with Gasteiger partial charge in [-0.25, -0.2) is 0 Å². The number of aromatic nitrogens is 1. The summed E-state index contributed by atoms with van der Waals surface area (Å²) in [5.74, 6) is 0.971. The molecule has 5 rings (SSSR count). The Morgan fingerprint density at radius 2 is 1.86 bits per heavy atom. The number of rotatable bonds is 7. The zero-order chi connectivity index (χ0) is 24.6. The third kappa shape index (κ3) is 4.14. The summed E-state index contributed by atoms with van der Waals surface area (Å²) in [6.45, 7) is 0.634. The first-order valence-corrected chi connectivity index (χ1v) is 12.1. The van der Waals surface area contributed by atoms with Crippen molar-refractivity contribution in [3.63, 3.8) is 0 Å². The number of hydrogen-bond acceptors (Lipinski definition) is 6. The number of Topliss-reactive ketones (excluding diaryl/α,β-unsaturated/α-hetero) is 1. The molecule has 1 amide bonds. The van der Waals surface area contributed by atoms with Gasteiger partial charge in [0.1, 0.15) is 5.54 Å². The van der Waals surface area contributed by atoms with Crippen molar-refractivity contribution in [2.45, 2.75) is 37.6 Å². The number of ketones is 1. The van der Waals surface area contributed by atoms with Gasteiger partial charge in [0.15, 0.2) is 17.3 Å². The second kappa shape index (κ2) is 9.30. The molecule has 3 aromatic rings. The van der Waals surface area contributed by atoms with Gasteiger partial charge in [-0.15, -0.1) is 0 Å². The van der Waals surface area contributed by atoms with Gasteiger partial charge in [0.05, 0.1) is 31.5 Å². The third-order valence-electron chi connectivity index (χ3n) is 7.02. The van der Waals surface area contributed by atoms with Gasteiger partial charge in [-0.1, -0.05) is 37.1 Å². The maximum atomic E-state index is 13.6. The standard InChI is InChI=1S/C28H31N3O4/c1-30(2)18-26(32)31-23-17-25(24(34-3)16-21(23)27(33)28(31)13-6-7-14-28)35-15-12-20-11-10-19-8-4-5-9-22(19)29-20/h4-5,8-11,16-17H,6-7,12-15,18H2,1-3H3. The van der Waals surface area contributed by atoms with Crippen LogP contribution in [-0.4, -0.2) is 61.5 Å². The number of pyridine rings is 1. The minimum atomic E-state index is -0.784. The molecule has 7 nitrogen and oxygen atoms in total. The minimum absolute atomic E-state index is 0.0160. The van der Waals surface area contributed by atoms with Crippen LogP contribution < -0.4 is 14.4 Å². The highest BCUT2D eigenvalue weighted by Gasteiger charge is 2.55. The Balaban J connectivity index is 1.42. The maximum Gasteiger partial charge on any atom is 0.242 e. The highest BCUT2D eigenvalue weighted by Crippen LogP contribution is 2.50. The quantitative estimate of drug-likeness (QED) is 0.510. The van der Waals surface area contributed by atoms with Crippen molar-refractivity contribution in [3.8, 4) is 11.5 Å². The largest absolute Gasteiger partial charge is 0.493 e. The highest BCUT2D eigenvalue weighted by molar-refractivity contribution is 6.21. The van der Waals surface area contributed by atoms with E-state index >= 15 is 0 Å². The molecule has 2 aliphatic rings. The number of fused-ring (bicyclic) bond motifs is 2. The average Bonchev–Trinajstić information content (AvgIpc) is 3.42. The molecule has 0 unspecified atom stereocenters. The van der Waals surface area contributed by atoms with Crippen molar-refractivity contribution in [1.29, 1.82) is 0 Å². The van der Waals surface area contributed by atoms with E-state index in [0.29, 0.717) is 48.6 Å². The summed E-state index contributed by atoms with van der Waals surface area (Å²) in [5.41, 5.74) is 2.28.